The molecule has 0 saturated carbocycles. The second-order valence-electron chi connectivity index (χ2n) is 6.69. The number of Topliss-reactive ketones (excluding diaryl/α,β-unsaturated/α-hetero) is 1. The van der Waals surface area contributed by atoms with Crippen molar-refractivity contribution >= 4 is 29.0 Å². The minimum atomic E-state index is 0.0678. The third-order valence-corrected chi connectivity index (χ3v) is 5.48. The first-order valence-corrected chi connectivity index (χ1v) is 9.88. The summed E-state index contributed by atoms with van der Waals surface area (Å²) >= 11 is 12.3. The van der Waals surface area contributed by atoms with Crippen molar-refractivity contribution in [3.63, 3.8) is 0 Å². The van der Waals surface area contributed by atoms with Crippen LogP contribution in [0.15, 0.2) is 48.5 Å². The number of likely N-dealkylation sites (tertiary alicyclic amines) is 1. The van der Waals surface area contributed by atoms with E-state index < -0.39 is 0 Å². The molecule has 2 aromatic rings. The molecule has 1 unspecified atom stereocenters. The molecule has 0 spiro atoms. The molecule has 26 heavy (non-hydrogen) atoms. The molecule has 138 valence electrons. The molecular weight excluding hydrogens is 367 g/mol. The Labute approximate surface area is 165 Å². The maximum Gasteiger partial charge on any atom is 0.176 e. The molecule has 0 radical (unpaired) electrons. The average Bonchev–Trinajstić information content (AvgIpc) is 2.67. The largest absolute Gasteiger partial charge is 0.308 e. The Balaban J connectivity index is 1.65. The number of piperidine rings is 1. The van der Waals surface area contributed by atoms with Crippen molar-refractivity contribution in [3.8, 4) is 0 Å². The van der Waals surface area contributed by atoms with Gasteiger partial charge in [0.1, 0.15) is 0 Å². The highest BCUT2D eigenvalue weighted by atomic mass is 35.5. The van der Waals surface area contributed by atoms with Gasteiger partial charge in [0.25, 0.3) is 0 Å². The molecule has 2 aromatic carbocycles. The molecule has 0 bridgehead atoms. The second kappa shape index (κ2) is 9.52. The van der Waals surface area contributed by atoms with E-state index in [1.807, 2.05) is 18.2 Å². The highest BCUT2D eigenvalue weighted by molar-refractivity contribution is 6.31. The van der Waals surface area contributed by atoms with Crippen molar-refractivity contribution in [1.82, 2.24) is 10.2 Å². The third kappa shape index (κ3) is 5.08. The first-order valence-electron chi connectivity index (χ1n) is 9.13. The predicted molar refractivity (Wildman–Crippen MR) is 108 cm³/mol. The molecule has 1 heterocycles. The molecule has 1 aliphatic heterocycles. The van der Waals surface area contributed by atoms with Gasteiger partial charge in [-0.2, -0.15) is 0 Å². The predicted octanol–water partition coefficient (Wildman–Crippen LogP) is 4.99. The molecule has 3 nitrogen and oxygen atoms in total. The SMILES string of the molecule is O=C(CNCC(c1ccccc1Cl)N1CCCCC1)c1ccc(Cl)cc1. The van der Waals surface area contributed by atoms with Gasteiger partial charge in [0.15, 0.2) is 5.78 Å². The summed E-state index contributed by atoms with van der Waals surface area (Å²) in [6, 6.07) is 15.2. The smallest absolute Gasteiger partial charge is 0.176 e. The van der Waals surface area contributed by atoms with Gasteiger partial charge < -0.3 is 5.32 Å². The van der Waals surface area contributed by atoms with Gasteiger partial charge in [0, 0.05) is 28.2 Å². The van der Waals surface area contributed by atoms with E-state index in [2.05, 4.69) is 16.3 Å². The number of carbonyl (C=O) groups excluding carboxylic acids is 1. The number of ketones is 1. The molecule has 1 saturated heterocycles. The summed E-state index contributed by atoms with van der Waals surface area (Å²) < 4.78 is 0. The van der Waals surface area contributed by atoms with Crippen LogP contribution >= 0.6 is 23.2 Å². The molecule has 5 heteroatoms. The lowest BCUT2D eigenvalue weighted by molar-refractivity contribution is 0.0984. The topological polar surface area (TPSA) is 32.3 Å². The summed E-state index contributed by atoms with van der Waals surface area (Å²) in [6.45, 7) is 3.14. The van der Waals surface area contributed by atoms with Crippen molar-refractivity contribution in [2.45, 2.75) is 25.3 Å². The van der Waals surface area contributed by atoms with E-state index in [-0.39, 0.29) is 11.8 Å². The Bertz CT molecular complexity index is 727. The number of hydrogen-bond donors (Lipinski definition) is 1. The van der Waals surface area contributed by atoms with Crippen LogP contribution in [0.5, 0.6) is 0 Å². The van der Waals surface area contributed by atoms with E-state index in [9.17, 15) is 4.79 Å². The molecule has 1 atom stereocenters. The highest BCUT2D eigenvalue weighted by Crippen LogP contribution is 2.29. The number of halogens is 2. The first kappa shape index (κ1) is 19.4. The van der Waals surface area contributed by atoms with Crippen LogP contribution < -0.4 is 5.32 Å². The normalized spacial score (nSPS) is 16.4. The molecule has 1 N–H and O–H groups in total. The van der Waals surface area contributed by atoms with Gasteiger partial charge in [-0.3, -0.25) is 9.69 Å². The fourth-order valence-electron chi connectivity index (χ4n) is 3.47. The zero-order valence-electron chi connectivity index (χ0n) is 14.8. The Morgan fingerprint density at radius 2 is 1.69 bits per heavy atom. The maximum absolute atomic E-state index is 12.4. The van der Waals surface area contributed by atoms with Crippen molar-refractivity contribution in [2.24, 2.45) is 0 Å². The highest BCUT2D eigenvalue weighted by Gasteiger charge is 2.24. The van der Waals surface area contributed by atoms with Gasteiger partial charge in [0.05, 0.1) is 6.54 Å². The van der Waals surface area contributed by atoms with Crippen LogP contribution in [-0.4, -0.2) is 36.9 Å². The quantitative estimate of drug-likeness (QED) is 0.675. The van der Waals surface area contributed by atoms with Gasteiger partial charge >= 0.3 is 0 Å². The van der Waals surface area contributed by atoms with Crippen LogP contribution in [-0.2, 0) is 0 Å². The standard InChI is InChI=1S/C21H24Cl2N2O/c22-17-10-8-16(9-11-17)21(26)15-24-14-20(25-12-4-1-5-13-25)18-6-2-3-7-19(18)23/h2-3,6-11,20,24H,1,4-5,12-15H2. The van der Waals surface area contributed by atoms with Crippen molar-refractivity contribution in [2.75, 3.05) is 26.2 Å². The van der Waals surface area contributed by atoms with Crippen molar-refractivity contribution in [1.29, 1.82) is 0 Å². The van der Waals surface area contributed by atoms with Crippen LogP contribution in [0, 0.1) is 0 Å². The summed E-state index contributed by atoms with van der Waals surface area (Å²) in [5, 5.41) is 4.76. The Morgan fingerprint density at radius 1 is 1.00 bits per heavy atom. The monoisotopic (exact) mass is 390 g/mol. The molecule has 0 aromatic heterocycles. The van der Waals surface area contributed by atoms with Gasteiger partial charge in [-0.15, -0.1) is 0 Å². The average molecular weight is 391 g/mol. The Morgan fingerprint density at radius 3 is 2.38 bits per heavy atom. The number of nitrogens with zero attached hydrogens (tertiary/aromatic N) is 1. The number of carbonyl (C=O) groups is 1. The van der Waals surface area contributed by atoms with Gasteiger partial charge in [-0.05, 0) is 61.8 Å². The third-order valence-electron chi connectivity index (χ3n) is 4.89. The van der Waals surface area contributed by atoms with E-state index in [0.717, 1.165) is 23.7 Å². The fraction of sp³-hybridized carbons (Fsp3) is 0.381. The molecule has 0 amide bonds. The van der Waals surface area contributed by atoms with Crippen LogP contribution in [0.2, 0.25) is 10.0 Å². The molecule has 1 fully saturated rings. The van der Waals surface area contributed by atoms with Gasteiger partial charge in [-0.1, -0.05) is 47.8 Å². The Hall–Kier alpha value is -1.39. The first-order chi connectivity index (χ1) is 12.6. The summed E-state index contributed by atoms with van der Waals surface area (Å²) in [4.78, 5) is 14.8. The lowest BCUT2D eigenvalue weighted by Gasteiger charge is -2.35. The molecule has 1 aliphatic rings. The molecule has 0 aliphatic carbocycles. The minimum Gasteiger partial charge on any atom is -0.308 e. The minimum absolute atomic E-state index is 0.0678. The Kier molecular flexibility index (Phi) is 7.09. The zero-order valence-corrected chi connectivity index (χ0v) is 16.3. The lowest BCUT2D eigenvalue weighted by atomic mass is 10.0. The van der Waals surface area contributed by atoms with Crippen molar-refractivity contribution < 1.29 is 4.79 Å². The summed E-state index contributed by atoms with van der Waals surface area (Å²) in [7, 11) is 0. The zero-order chi connectivity index (χ0) is 18.4. The lowest BCUT2D eigenvalue weighted by Crippen LogP contribution is -2.40. The fourth-order valence-corrected chi connectivity index (χ4v) is 3.86. The van der Waals surface area contributed by atoms with Crippen LogP contribution in [0.25, 0.3) is 0 Å². The number of benzene rings is 2. The summed E-state index contributed by atoms with van der Waals surface area (Å²) in [5.74, 6) is 0.0678. The van der Waals surface area contributed by atoms with Gasteiger partial charge in [0.2, 0.25) is 0 Å². The molecule has 3 rings (SSSR count). The van der Waals surface area contributed by atoms with Crippen molar-refractivity contribution in [3.05, 3.63) is 69.7 Å². The number of rotatable bonds is 7. The van der Waals surface area contributed by atoms with E-state index in [4.69, 9.17) is 23.2 Å². The second-order valence-corrected chi connectivity index (χ2v) is 7.54. The number of nitrogens with one attached hydrogen (secondary N) is 1. The van der Waals surface area contributed by atoms with Crippen LogP contribution in [0.4, 0.5) is 0 Å². The van der Waals surface area contributed by atoms with E-state index in [1.54, 1.807) is 24.3 Å². The maximum atomic E-state index is 12.4. The van der Waals surface area contributed by atoms with E-state index in [0.29, 0.717) is 23.7 Å². The summed E-state index contributed by atoms with van der Waals surface area (Å²) in [6.07, 6.45) is 3.71. The van der Waals surface area contributed by atoms with E-state index in [1.165, 1.54) is 19.3 Å². The van der Waals surface area contributed by atoms with Gasteiger partial charge in [-0.25, -0.2) is 0 Å². The summed E-state index contributed by atoms with van der Waals surface area (Å²) in [5.41, 5.74) is 1.80. The van der Waals surface area contributed by atoms with Crippen LogP contribution in [0.1, 0.15) is 41.2 Å². The van der Waals surface area contributed by atoms with Crippen LogP contribution in [0.3, 0.4) is 0 Å². The molecular formula is C21H24Cl2N2O. The van der Waals surface area contributed by atoms with E-state index >= 15 is 0 Å². The number of hydrogen-bond acceptors (Lipinski definition) is 3.